The number of piperidine rings is 1. The van der Waals surface area contributed by atoms with E-state index in [1.807, 2.05) is 27.1 Å². The number of nitriles is 1. The first kappa shape index (κ1) is 17.5. The first-order valence-corrected chi connectivity index (χ1v) is 8.04. The molecule has 23 heavy (non-hydrogen) atoms. The first-order chi connectivity index (χ1) is 10.9. The number of allylic oxidation sites excluding steroid dienone is 5. The Morgan fingerprint density at radius 1 is 1.35 bits per heavy atom. The normalized spacial score (nSPS) is 25.9. The number of carbonyl (C=O) groups is 1. The highest BCUT2D eigenvalue weighted by Gasteiger charge is 2.44. The number of Topliss-reactive ketones (excluding diaryl/α,β-unsaturated/α-hetero) is 1. The zero-order valence-corrected chi connectivity index (χ0v) is 14.4. The lowest BCUT2D eigenvalue weighted by Crippen LogP contribution is -2.52. The lowest BCUT2D eigenvalue weighted by atomic mass is 9.81. The molecule has 0 aromatic carbocycles. The maximum Gasteiger partial charge on any atom is 0.170 e. The van der Waals surface area contributed by atoms with Crippen LogP contribution in [-0.2, 0) is 9.53 Å². The average Bonchev–Trinajstić information content (AvgIpc) is 2.54. The second-order valence-corrected chi connectivity index (χ2v) is 6.25. The summed E-state index contributed by atoms with van der Waals surface area (Å²) in [7, 11) is 4.06. The second-order valence-electron chi connectivity index (χ2n) is 6.25. The highest BCUT2D eigenvalue weighted by molar-refractivity contribution is 6.01. The standard InChI is InChI=1S/C18H25N3O2/c1-5-14(13-19)11-15-16(22)12-18(23-17(15)6-2)7-9-21(10-8-18)20(3)4/h5-6,11H,7-10,12H2,1-4H3/b14-5+,15-11-,17-6+. The van der Waals surface area contributed by atoms with Crippen LogP contribution in [0.2, 0.25) is 0 Å². The Bertz CT molecular complexity index is 600. The lowest BCUT2D eigenvalue weighted by Gasteiger charge is -2.46. The molecule has 5 nitrogen and oxygen atoms in total. The number of ketones is 1. The van der Waals surface area contributed by atoms with Gasteiger partial charge >= 0.3 is 0 Å². The molecule has 0 radical (unpaired) electrons. The van der Waals surface area contributed by atoms with Gasteiger partial charge < -0.3 is 4.74 Å². The number of hydrazine groups is 1. The van der Waals surface area contributed by atoms with E-state index in [1.165, 1.54) is 0 Å². The van der Waals surface area contributed by atoms with E-state index in [0.717, 1.165) is 25.9 Å². The molecule has 0 unspecified atom stereocenters. The number of nitrogens with zero attached hydrogens (tertiary/aromatic N) is 3. The molecular weight excluding hydrogens is 290 g/mol. The van der Waals surface area contributed by atoms with Gasteiger partial charge in [-0.15, -0.1) is 0 Å². The highest BCUT2D eigenvalue weighted by Crippen LogP contribution is 2.39. The third-order valence-electron chi connectivity index (χ3n) is 4.59. The lowest BCUT2D eigenvalue weighted by molar-refractivity contribution is -0.136. The van der Waals surface area contributed by atoms with E-state index >= 15 is 0 Å². The molecule has 0 N–H and O–H groups in total. The van der Waals surface area contributed by atoms with Gasteiger partial charge in [0.05, 0.1) is 18.1 Å². The van der Waals surface area contributed by atoms with Crippen LogP contribution in [0.15, 0.2) is 35.1 Å². The Morgan fingerprint density at radius 2 is 2.00 bits per heavy atom. The zero-order chi connectivity index (χ0) is 17.0. The summed E-state index contributed by atoms with van der Waals surface area (Å²) in [5, 5.41) is 13.4. The van der Waals surface area contributed by atoms with E-state index < -0.39 is 5.60 Å². The molecule has 5 heteroatoms. The van der Waals surface area contributed by atoms with Gasteiger partial charge in [0.2, 0.25) is 0 Å². The first-order valence-electron chi connectivity index (χ1n) is 8.04. The molecule has 124 valence electrons. The quantitative estimate of drug-likeness (QED) is 0.579. The number of hydrogen-bond acceptors (Lipinski definition) is 5. The van der Waals surface area contributed by atoms with E-state index in [0.29, 0.717) is 23.3 Å². The second kappa shape index (κ2) is 7.12. The van der Waals surface area contributed by atoms with Gasteiger partial charge in [-0.2, -0.15) is 5.26 Å². The molecule has 2 saturated heterocycles. The minimum atomic E-state index is -0.397. The Kier molecular flexibility index (Phi) is 5.40. The van der Waals surface area contributed by atoms with Crippen molar-refractivity contribution in [2.75, 3.05) is 27.2 Å². The molecule has 2 rings (SSSR count). The van der Waals surface area contributed by atoms with Crippen LogP contribution in [0.1, 0.15) is 33.1 Å². The predicted molar refractivity (Wildman–Crippen MR) is 89.1 cm³/mol. The minimum Gasteiger partial charge on any atom is -0.486 e. The van der Waals surface area contributed by atoms with Crippen molar-refractivity contribution in [1.82, 2.24) is 10.0 Å². The fourth-order valence-electron chi connectivity index (χ4n) is 3.13. The van der Waals surface area contributed by atoms with Crippen LogP contribution in [0, 0.1) is 11.3 Å². The number of hydrogen-bond donors (Lipinski definition) is 0. The molecule has 2 heterocycles. The molecule has 2 aliphatic heterocycles. The van der Waals surface area contributed by atoms with Gasteiger partial charge in [-0.1, -0.05) is 6.08 Å². The number of ether oxygens (including phenoxy) is 1. The van der Waals surface area contributed by atoms with Crippen LogP contribution < -0.4 is 0 Å². The van der Waals surface area contributed by atoms with E-state index in [9.17, 15) is 4.79 Å². The summed E-state index contributed by atoms with van der Waals surface area (Å²) in [6, 6.07) is 2.09. The number of carbonyl (C=O) groups excluding carboxylic acids is 1. The van der Waals surface area contributed by atoms with Gasteiger partial charge in [0.15, 0.2) is 5.78 Å². The SMILES string of the molecule is C\C=C(C#N)/C=C1/C(=O)CC2(CCN(N(C)C)CC2)O/C1=C/C. The molecule has 0 saturated carbocycles. The van der Waals surface area contributed by atoms with Crippen molar-refractivity contribution in [2.45, 2.75) is 38.7 Å². The van der Waals surface area contributed by atoms with Crippen LogP contribution in [0.3, 0.4) is 0 Å². The summed E-state index contributed by atoms with van der Waals surface area (Å²) in [4.78, 5) is 12.7. The predicted octanol–water partition coefficient (Wildman–Crippen LogP) is 2.59. The van der Waals surface area contributed by atoms with Crippen LogP contribution in [-0.4, -0.2) is 48.6 Å². The summed E-state index contributed by atoms with van der Waals surface area (Å²) in [5.74, 6) is 0.673. The monoisotopic (exact) mass is 315 g/mol. The Hall–Kier alpha value is -1.90. The van der Waals surface area contributed by atoms with Crippen LogP contribution in [0.25, 0.3) is 0 Å². The zero-order valence-electron chi connectivity index (χ0n) is 14.4. The maximum absolute atomic E-state index is 12.7. The molecule has 0 amide bonds. The van der Waals surface area contributed by atoms with Crippen molar-refractivity contribution in [3.63, 3.8) is 0 Å². The van der Waals surface area contributed by atoms with Crippen molar-refractivity contribution < 1.29 is 9.53 Å². The Morgan fingerprint density at radius 3 is 2.48 bits per heavy atom. The van der Waals surface area contributed by atoms with Crippen molar-refractivity contribution in [3.05, 3.63) is 35.1 Å². The summed E-state index contributed by atoms with van der Waals surface area (Å²) in [6.45, 7) is 5.42. The van der Waals surface area contributed by atoms with Crippen LogP contribution in [0.5, 0.6) is 0 Å². The van der Waals surface area contributed by atoms with Gasteiger partial charge in [0.1, 0.15) is 11.4 Å². The van der Waals surface area contributed by atoms with Crippen LogP contribution in [0.4, 0.5) is 0 Å². The Balaban J connectivity index is 2.21. The summed E-state index contributed by atoms with van der Waals surface area (Å²) < 4.78 is 6.26. The largest absolute Gasteiger partial charge is 0.486 e. The summed E-state index contributed by atoms with van der Waals surface area (Å²) in [6.07, 6.45) is 7.22. The van der Waals surface area contributed by atoms with Crippen molar-refractivity contribution in [2.24, 2.45) is 0 Å². The van der Waals surface area contributed by atoms with E-state index in [1.54, 1.807) is 19.1 Å². The topological polar surface area (TPSA) is 56.6 Å². The molecule has 0 aromatic rings. The van der Waals surface area contributed by atoms with Gasteiger partial charge in [-0.25, -0.2) is 10.0 Å². The van der Waals surface area contributed by atoms with E-state index in [-0.39, 0.29) is 5.78 Å². The molecule has 1 spiro atoms. The molecular formula is C18H25N3O2. The summed E-state index contributed by atoms with van der Waals surface area (Å²) >= 11 is 0. The van der Waals surface area contributed by atoms with Gasteiger partial charge in [0.25, 0.3) is 0 Å². The third-order valence-corrected chi connectivity index (χ3v) is 4.59. The molecule has 0 atom stereocenters. The minimum absolute atomic E-state index is 0.0669. The fourth-order valence-corrected chi connectivity index (χ4v) is 3.13. The van der Waals surface area contributed by atoms with Crippen LogP contribution >= 0.6 is 0 Å². The molecule has 2 fully saturated rings. The van der Waals surface area contributed by atoms with Crippen molar-refractivity contribution in [1.29, 1.82) is 5.26 Å². The van der Waals surface area contributed by atoms with Gasteiger partial charge in [-0.3, -0.25) is 4.79 Å². The third kappa shape index (κ3) is 3.72. The smallest absolute Gasteiger partial charge is 0.170 e. The molecule has 0 aliphatic carbocycles. The maximum atomic E-state index is 12.7. The van der Waals surface area contributed by atoms with Crippen molar-refractivity contribution >= 4 is 5.78 Å². The molecule has 0 bridgehead atoms. The van der Waals surface area contributed by atoms with E-state index in [4.69, 9.17) is 10.00 Å². The fraction of sp³-hybridized carbons (Fsp3) is 0.556. The van der Waals surface area contributed by atoms with E-state index in [2.05, 4.69) is 16.1 Å². The summed E-state index contributed by atoms with van der Waals surface area (Å²) in [5.41, 5.74) is 0.600. The van der Waals surface area contributed by atoms with Crippen molar-refractivity contribution in [3.8, 4) is 6.07 Å². The van der Waals surface area contributed by atoms with Gasteiger partial charge in [0, 0.05) is 45.6 Å². The van der Waals surface area contributed by atoms with Gasteiger partial charge in [-0.05, 0) is 26.0 Å². The molecule has 0 aromatic heterocycles. The Labute approximate surface area is 138 Å². The highest BCUT2D eigenvalue weighted by atomic mass is 16.5. The molecule has 2 aliphatic rings. The number of rotatable bonds is 2. The average molecular weight is 315 g/mol.